The molecule has 150 valence electrons. The molecule has 5 nitrogen and oxygen atoms in total. The monoisotopic (exact) mass is 398 g/mol. The van der Waals surface area contributed by atoms with E-state index < -0.39 is 0 Å². The molecule has 3 heterocycles. The van der Waals surface area contributed by atoms with Crippen LogP contribution in [0.15, 0.2) is 23.6 Å². The Morgan fingerprint density at radius 3 is 2.46 bits per heavy atom. The van der Waals surface area contributed by atoms with Gasteiger partial charge in [0.1, 0.15) is 0 Å². The summed E-state index contributed by atoms with van der Waals surface area (Å²) in [5, 5.41) is 3.31. The first-order chi connectivity index (χ1) is 13.6. The molecule has 2 aliphatic rings. The summed E-state index contributed by atoms with van der Waals surface area (Å²) in [7, 11) is 0. The molecule has 6 heteroatoms. The van der Waals surface area contributed by atoms with Gasteiger partial charge >= 0.3 is 0 Å². The lowest BCUT2D eigenvalue weighted by Crippen LogP contribution is -2.48. The summed E-state index contributed by atoms with van der Waals surface area (Å²) in [6.07, 6.45) is 3.99. The maximum atomic E-state index is 12.8. The second-order valence-electron chi connectivity index (χ2n) is 8.04. The highest BCUT2D eigenvalue weighted by atomic mass is 32.1. The summed E-state index contributed by atoms with van der Waals surface area (Å²) >= 11 is 1.74. The fraction of sp³-hybridized carbons (Fsp3) is 0.545. The summed E-state index contributed by atoms with van der Waals surface area (Å²) < 4.78 is 0. The maximum Gasteiger partial charge on any atom is 0.253 e. The first kappa shape index (κ1) is 19.4. The summed E-state index contributed by atoms with van der Waals surface area (Å²) in [5.74, 6) is 0.146. The predicted molar refractivity (Wildman–Crippen MR) is 115 cm³/mol. The van der Waals surface area contributed by atoms with Crippen LogP contribution in [0.5, 0.6) is 0 Å². The van der Waals surface area contributed by atoms with Crippen molar-refractivity contribution < 1.29 is 4.79 Å². The van der Waals surface area contributed by atoms with Gasteiger partial charge in [-0.25, -0.2) is 4.98 Å². The number of carbonyl (C=O) groups excluding carboxylic acids is 1. The number of thiazole rings is 1. The number of anilines is 1. The second-order valence-corrected chi connectivity index (χ2v) is 8.87. The van der Waals surface area contributed by atoms with Crippen LogP contribution < -0.4 is 4.90 Å². The number of nitrogens with zero attached hydrogens (tertiary/aromatic N) is 4. The number of aromatic nitrogens is 1. The molecular formula is C22H30N4OS. The largest absolute Gasteiger partial charge is 0.345 e. The van der Waals surface area contributed by atoms with Gasteiger partial charge in [0.2, 0.25) is 0 Å². The summed E-state index contributed by atoms with van der Waals surface area (Å²) in [6, 6.07) is 6.00. The van der Waals surface area contributed by atoms with Gasteiger partial charge in [0.05, 0.1) is 5.69 Å². The zero-order valence-electron chi connectivity index (χ0n) is 17.0. The molecule has 2 aliphatic heterocycles. The second kappa shape index (κ2) is 8.62. The van der Waals surface area contributed by atoms with Crippen LogP contribution in [0.1, 0.15) is 46.4 Å². The van der Waals surface area contributed by atoms with E-state index in [4.69, 9.17) is 4.98 Å². The molecule has 28 heavy (non-hydrogen) atoms. The average molecular weight is 399 g/mol. The molecule has 1 amide bonds. The van der Waals surface area contributed by atoms with E-state index in [1.807, 2.05) is 23.1 Å². The molecule has 1 aromatic heterocycles. The Balaban J connectivity index is 1.32. The molecule has 0 radical (unpaired) electrons. The number of piperidine rings is 1. The number of piperazine rings is 1. The zero-order chi connectivity index (χ0) is 19.5. The molecule has 2 saturated heterocycles. The van der Waals surface area contributed by atoms with Crippen LogP contribution in [0.3, 0.4) is 0 Å². The van der Waals surface area contributed by atoms with Crippen molar-refractivity contribution >= 4 is 22.4 Å². The molecule has 2 aromatic rings. The molecule has 0 spiro atoms. The Kier molecular flexibility index (Phi) is 5.97. The summed E-state index contributed by atoms with van der Waals surface area (Å²) in [6.45, 7) is 10.7. The van der Waals surface area contributed by atoms with Gasteiger partial charge in [-0.05, 0) is 63.0 Å². The molecule has 0 N–H and O–H groups in total. The van der Waals surface area contributed by atoms with Crippen LogP contribution in [0.2, 0.25) is 0 Å². The van der Waals surface area contributed by atoms with Gasteiger partial charge in [-0.1, -0.05) is 12.5 Å². The highest BCUT2D eigenvalue weighted by Gasteiger charge is 2.24. The topological polar surface area (TPSA) is 39.7 Å². The van der Waals surface area contributed by atoms with E-state index in [0.717, 1.165) is 43.4 Å². The van der Waals surface area contributed by atoms with Crippen LogP contribution in [0.25, 0.3) is 0 Å². The van der Waals surface area contributed by atoms with Crippen molar-refractivity contribution in [3.8, 4) is 0 Å². The van der Waals surface area contributed by atoms with E-state index in [-0.39, 0.29) is 5.91 Å². The predicted octanol–water partition coefficient (Wildman–Crippen LogP) is 3.71. The number of hydrogen-bond acceptors (Lipinski definition) is 5. The number of amides is 1. The molecule has 0 atom stereocenters. The first-order valence-electron chi connectivity index (χ1n) is 10.4. The third kappa shape index (κ3) is 4.39. The van der Waals surface area contributed by atoms with Gasteiger partial charge in [0, 0.05) is 43.7 Å². The van der Waals surface area contributed by atoms with Gasteiger partial charge in [0.25, 0.3) is 5.91 Å². The first-order valence-corrected chi connectivity index (χ1v) is 11.3. The summed E-state index contributed by atoms with van der Waals surface area (Å²) in [4.78, 5) is 24.5. The number of benzene rings is 1. The maximum absolute atomic E-state index is 12.8. The van der Waals surface area contributed by atoms with Gasteiger partial charge in [-0.2, -0.15) is 0 Å². The highest BCUT2D eigenvalue weighted by Crippen LogP contribution is 2.24. The quantitative estimate of drug-likeness (QED) is 0.787. The van der Waals surface area contributed by atoms with E-state index in [0.29, 0.717) is 0 Å². The molecule has 0 bridgehead atoms. The number of hydrogen-bond donors (Lipinski definition) is 0. The van der Waals surface area contributed by atoms with Crippen molar-refractivity contribution in [1.82, 2.24) is 14.8 Å². The zero-order valence-corrected chi connectivity index (χ0v) is 17.8. The van der Waals surface area contributed by atoms with E-state index in [9.17, 15) is 4.79 Å². The Bertz CT molecular complexity index is 820. The highest BCUT2D eigenvalue weighted by molar-refractivity contribution is 7.13. The fourth-order valence-corrected chi connectivity index (χ4v) is 4.89. The Hall–Kier alpha value is -1.92. The number of aryl methyl sites for hydroxylation is 2. The van der Waals surface area contributed by atoms with E-state index in [2.05, 4.69) is 29.0 Å². The Morgan fingerprint density at radius 2 is 1.75 bits per heavy atom. The van der Waals surface area contributed by atoms with Crippen molar-refractivity contribution in [1.29, 1.82) is 0 Å². The number of carbonyl (C=O) groups is 1. The third-order valence-electron chi connectivity index (χ3n) is 5.97. The fourth-order valence-electron chi connectivity index (χ4n) is 4.02. The minimum atomic E-state index is 0.146. The van der Waals surface area contributed by atoms with Gasteiger partial charge in [-0.15, -0.1) is 11.3 Å². The lowest BCUT2D eigenvalue weighted by Gasteiger charge is -2.34. The molecule has 1 aromatic carbocycles. The third-order valence-corrected chi connectivity index (χ3v) is 6.92. The van der Waals surface area contributed by atoms with Crippen molar-refractivity contribution in [3.63, 3.8) is 0 Å². The van der Waals surface area contributed by atoms with E-state index in [1.54, 1.807) is 11.3 Å². The van der Waals surface area contributed by atoms with Crippen molar-refractivity contribution in [2.24, 2.45) is 0 Å². The molecule has 4 rings (SSSR count). The summed E-state index contributed by atoms with van der Waals surface area (Å²) in [5.41, 5.74) is 4.39. The van der Waals surface area contributed by atoms with Crippen molar-refractivity contribution in [2.75, 3.05) is 44.2 Å². The lowest BCUT2D eigenvalue weighted by atomic mass is 10.1. The minimum Gasteiger partial charge on any atom is -0.345 e. The SMILES string of the molecule is Cc1ccc(C(=O)N2CCN(c3nc(CN4CCCCC4)cs3)CC2)cc1C. The normalized spacial score (nSPS) is 18.5. The Labute approximate surface area is 172 Å². The smallest absolute Gasteiger partial charge is 0.253 e. The van der Waals surface area contributed by atoms with Gasteiger partial charge < -0.3 is 9.80 Å². The van der Waals surface area contributed by atoms with Crippen molar-refractivity contribution in [2.45, 2.75) is 39.7 Å². The standard InChI is InChI=1S/C22H30N4OS/c1-17-6-7-19(14-18(17)2)21(27)25-10-12-26(13-11-25)22-23-20(16-28-22)15-24-8-4-3-5-9-24/h6-7,14,16H,3-5,8-13,15H2,1-2H3. The molecular weight excluding hydrogens is 368 g/mol. The van der Waals surface area contributed by atoms with Gasteiger partial charge in [0.15, 0.2) is 5.13 Å². The lowest BCUT2D eigenvalue weighted by molar-refractivity contribution is 0.0746. The van der Waals surface area contributed by atoms with Crippen LogP contribution >= 0.6 is 11.3 Å². The molecule has 2 fully saturated rings. The van der Waals surface area contributed by atoms with E-state index >= 15 is 0 Å². The van der Waals surface area contributed by atoms with Gasteiger partial charge in [-0.3, -0.25) is 9.69 Å². The van der Waals surface area contributed by atoms with Crippen LogP contribution in [-0.4, -0.2) is 60.0 Å². The molecule has 0 unspecified atom stereocenters. The van der Waals surface area contributed by atoms with Crippen LogP contribution in [0, 0.1) is 13.8 Å². The van der Waals surface area contributed by atoms with E-state index in [1.165, 1.54) is 49.2 Å². The van der Waals surface area contributed by atoms with Crippen LogP contribution in [-0.2, 0) is 6.54 Å². The number of likely N-dealkylation sites (tertiary alicyclic amines) is 1. The molecule has 0 aliphatic carbocycles. The van der Waals surface area contributed by atoms with Crippen LogP contribution in [0.4, 0.5) is 5.13 Å². The minimum absolute atomic E-state index is 0.146. The van der Waals surface area contributed by atoms with Crippen molar-refractivity contribution in [3.05, 3.63) is 46.0 Å². The Morgan fingerprint density at radius 1 is 1.00 bits per heavy atom. The number of rotatable bonds is 4. The molecule has 0 saturated carbocycles. The average Bonchev–Trinajstić information content (AvgIpc) is 3.19.